The fraction of sp³-hybridized carbons (Fsp3) is 0.538. The summed E-state index contributed by atoms with van der Waals surface area (Å²) in [6.45, 7) is 1.14. The van der Waals surface area contributed by atoms with Gasteiger partial charge in [0.05, 0.1) is 6.61 Å². The molecule has 4 unspecified atom stereocenters. The predicted molar refractivity (Wildman–Crippen MR) is 71.7 cm³/mol. The molecule has 8 heteroatoms. The molecule has 4 atom stereocenters. The van der Waals surface area contributed by atoms with E-state index in [0.29, 0.717) is 0 Å². The van der Waals surface area contributed by atoms with Crippen molar-refractivity contribution in [1.82, 2.24) is 9.55 Å². The van der Waals surface area contributed by atoms with Crippen LogP contribution in [0.2, 0.25) is 0 Å². The van der Waals surface area contributed by atoms with E-state index in [2.05, 4.69) is 16.8 Å². The van der Waals surface area contributed by atoms with Gasteiger partial charge < -0.3 is 19.7 Å². The zero-order valence-corrected chi connectivity index (χ0v) is 11.6. The van der Waals surface area contributed by atoms with Crippen LogP contribution in [0.3, 0.4) is 0 Å². The van der Waals surface area contributed by atoms with E-state index < -0.39 is 42.4 Å². The van der Waals surface area contributed by atoms with E-state index in [1.165, 1.54) is 13.3 Å². The minimum atomic E-state index is -1.09. The van der Waals surface area contributed by atoms with E-state index in [4.69, 9.17) is 14.6 Å². The van der Waals surface area contributed by atoms with Crippen molar-refractivity contribution in [1.29, 1.82) is 0 Å². The van der Waals surface area contributed by atoms with Gasteiger partial charge in [0.15, 0.2) is 6.23 Å². The monoisotopic (exact) mass is 296 g/mol. The molecule has 2 rings (SSSR count). The van der Waals surface area contributed by atoms with Crippen molar-refractivity contribution in [3.05, 3.63) is 32.6 Å². The molecular formula is C13H16N2O6. The number of aliphatic hydroxyl groups is 2. The largest absolute Gasteiger partial charge is 0.394 e. The first kappa shape index (κ1) is 15.5. The summed E-state index contributed by atoms with van der Waals surface area (Å²) in [5.41, 5.74) is -1.21. The van der Waals surface area contributed by atoms with Gasteiger partial charge in [-0.25, -0.2) is 4.79 Å². The van der Waals surface area contributed by atoms with Crippen LogP contribution >= 0.6 is 0 Å². The molecule has 0 aromatic carbocycles. The number of ether oxygens (including phenoxy) is 2. The van der Waals surface area contributed by atoms with Crippen molar-refractivity contribution >= 4 is 0 Å². The third-order valence-electron chi connectivity index (χ3n) is 3.27. The number of aliphatic hydroxyl groups excluding tert-OH is 2. The first-order chi connectivity index (χ1) is 10.0. The maximum atomic E-state index is 11.9. The Bertz CT molecular complexity index is 682. The van der Waals surface area contributed by atoms with Crippen LogP contribution in [0.1, 0.15) is 18.7 Å². The van der Waals surface area contributed by atoms with Crippen molar-refractivity contribution in [2.75, 3.05) is 13.7 Å². The van der Waals surface area contributed by atoms with Gasteiger partial charge in [0.25, 0.3) is 5.56 Å². The third kappa shape index (κ3) is 2.77. The summed E-state index contributed by atoms with van der Waals surface area (Å²) in [7, 11) is 1.35. The molecule has 8 nitrogen and oxygen atoms in total. The van der Waals surface area contributed by atoms with Gasteiger partial charge in [0, 0.05) is 13.3 Å². The van der Waals surface area contributed by atoms with Crippen LogP contribution in [-0.4, -0.2) is 51.8 Å². The summed E-state index contributed by atoms with van der Waals surface area (Å²) in [4.78, 5) is 25.7. The summed E-state index contributed by atoms with van der Waals surface area (Å²) >= 11 is 0. The standard InChI is InChI=1S/C13H16N2O6/c1-3-4-7-5-15(13(19)14-11(7)18)12-10(20-2)9(17)8(6-16)21-12/h5,8-10,12,16-17H,6H2,1-2H3,(H,14,18,19). The summed E-state index contributed by atoms with van der Waals surface area (Å²) < 4.78 is 11.7. The molecule has 1 aliphatic rings. The zero-order chi connectivity index (χ0) is 15.6. The zero-order valence-electron chi connectivity index (χ0n) is 11.6. The number of hydrogen-bond donors (Lipinski definition) is 3. The number of hydrogen-bond acceptors (Lipinski definition) is 6. The molecule has 1 aromatic heterocycles. The maximum absolute atomic E-state index is 11.9. The summed E-state index contributed by atoms with van der Waals surface area (Å²) in [6.07, 6.45) is -2.54. The molecule has 0 saturated carbocycles. The number of aromatic amines is 1. The average Bonchev–Trinajstić information content (AvgIpc) is 2.78. The van der Waals surface area contributed by atoms with Crippen molar-refractivity contribution in [3.63, 3.8) is 0 Å². The van der Waals surface area contributed by atoms with E-state index in [0.717, 1.165) is 4.57 Å². The molecule has 0 radical (unpaired) electrons. The minimum Gasteiger partial charge on any atom is -0.394 e. The van der Waals surface area contributed by atoms with Crippen molar-refractivity contribution < 1.29 is 19.7 Å². The highest BCUT2D eigenvalue weighted by atomic mass is 16.6. The number of rotatable bonds is 3. The van der Waals surface area contributed by atoms with E-state index in [1.54, 1.807) is 6.92 Å². The Morgan fingerprint density at radius 1 is 1.52 bits per heavy atom. The van der Waals surface area contributed by atoms with E-state index in [-0.39, 0.29) is 5.56 Å². The maximum Gasteiger partial charge on any atom is 0.330 e. The van der Waals surface area contributed by atoms with Crippen LogP contribution in [0.4, 0.5) is 0 Å². The first-order valence-corrected chi connectivity index (χ1v) is 6.28. The Labute approximate surface area is 119 Å². The van der Waals surface area contributed by atoms with Gasteiger partial charge in [-0.2, -0.15) is 0 Å². The molecule has 3 N–H and O–H groups in total. The van der Waals surface area contributed by atoms with Crippen LogP contribution in [0.25, 0.3) is 0 Å². The third-order valence-corrected chi connectivity index (χ3v) is 3.27. The molecule has 114 valence electrons. The Morgan fingerprint density at radius 3 is 2.81 bits per heavy atom. The van der Waals surface area contributed by atoms with Gasteiger partial charge in [-0.05, 0) is 6.92 Å². The van der Waals surface area contributed by atoms with Crippen LogP contribution in [0.5, 0.6) is 0 Å². The second kappa shape index (κ2) is 6.24. The summed E-state index contributed by atoms with van der Waals surface area (Å²) in [6, 6.07) is 0. The van der Waals surface area contributed by atoms with Gasteiger partial charge in [0.2, 0.25) is 0 Å². The summed E-state index contributed by atoms with van der Waals surface area (Å²) in [5.74, 6) is 5.14. The molecule has 21 heavy (non-hydrogen) atoms. The molecule has 1 aliphatic heterocycles. The second-order valence-electron chi connectivity index (χ2n) is 4.52. The number of nitrogens with one attached hydrogen (secondary N) is 1. The molecule has 0 aliphatic carbocycles. The molecular weight excluding hydrogens is 280 g/mol. The number of methoxy groups -OCH3 is 1. The van der Waals surface area contributed by atoms with E-state index in [9.17, 15) is 14.7 Å². The van der Waals surface area contributed by atoms with Gasteiger partial charge in [-0.15, -0.1) is 5.92 Å². The van der Waals surface area contributed by atoms with Crippen LogP contribution < -0.4 is 11.2 Å². The lowest BCUT2D eigenvalue weighted by atomic mass is 10.1. The lowest BCUT2D eigenvalue weighted by Crippen LogP contribution is -2.39. The van der Waals surface area contributed by atoms with Crippen molar-refractivity contribution in [3.8, 4) is 11.8 Å². The molecule has 0 amide bonds. The topological polar surface area (TPSA) is 114 Å². The Balaban J connectivity index is 2.50. The van der Waals surface area contributed by atoms with E-state index >= 15 is 0 Å². The number of aromatic nitrogens is 2. The van der Waals surface area contributed by atoms with Crippen molar-refractivity contribution in [2.24, 2.45) is 0 Å². The SMILES string of the molecule is CC#Cc1cn(C2OC(CO)C(O)C2OC)c(=O)[nH]c1=O. The summed E-state index contributed by atoms with van der Waals surface area (Å²) in [5, 5.41) is 19.1. The second-order valence-corrected chi connectivity index (χ2v) is 4.52. The lowest BCUT2D eigenvalue weighted by molar-refractivity contribution is -0.0625. The fourth-order valence-corrected chi connectivity index (χ4v) is 2.25. The first-order valence-electron chi connectivity index (χ1n) is 6.28. The average molecular weight is 296 g/mol. The molecule has 1 fully saturated rings. The fourth-order valence-electron chi connectivity index (χ4n) is 2.25. The highest BCUT2D eigenvalue weighted by molar-refractivity contribution is 5.28. The van der Waals surface area contributed by atoms with Gasteiger partial charge >= 0.3 is 5.69 Å². The molecule has 0 spiro atoms. The van der Waals surface area contributed by atoms with Crippen LogP contribution in [-0.2, 0) is 9.47 Å². The Morgan fingerprint density at radius 2 is 2.24 bits per heavy atom. The van der Waals surface area contributed by atoms with Gasteiger partial charge in [0.1, 0.15) is 23.9 Å². The van der Waals surface area contributed by atoms with Crippen molar-refractivity contribution in [2.45, 2.75) is 31.5 Å². The molecule has 1 aromatic rings. The quantitative estimate of drug-likeness (QED) is 0.566. The number of H-pyrrole nitrogens is 1. The molecule has 0 bridgehead atoms. The Kier molecular flexibility index (Phi) is 4.59. The van der Waals surface area contributed by atoms with Gasteiger partial charge in [-0.1, -0.05) is 5.92 Å². The number of nitrogens with zero attached hydrogens (tertiary/aromatic N) is 1. The molecule has 1 saturated heterocycles. The van der Waals surface area contributed by atoms with Gasteiger partial charge in [-0.3, -0.25) is 14.3 Å². The van der Waals surface area contributed by atoms with Crippen LogP contribution in [0, 0.1) is 11.8 Å². The Hall–Kier alpha value is -1.92. The van der Waals surface area contributed by atoms with Crippen LogP contribution in [0.15, 0.2) is 15.8 Å². The lowest BCUT2D eigenvalue weighted by Gasteiger charge is -2.20. The van der Waals surface area contributed by atoms with E-state index in [1.807, 2.05) is 0 Å². The predicted octanol–water partition coefficient (Wildman–Crippen LogP) is -1.83. The highest BCUT2D eigenvalue weighted by Crippen LogP contribution is 2.30. The normalized spacial score (nSPS) is 28.2. The minimum absolute atomic E-state index is 0.0949. The highest BCUT2D eigenvalue weighted by Gasteiger charge is 2.45. The smallest absolute Gasteiger partial charge is 0.330 e. The molecule has 2 heterocycles.